The Balaban J connectivity index is 2.38. The van der Waals surface area contributed by atoms with E-state index in [9.17, 15) is 8.78 Å². The lowest BCUT2D eigenvalue weighted by Gasteiger charge is -2.09. The summed E-state index contributed by atoms with van der Waals surface area (Å²) in [5.41, 5.74) is 0.806. The smallest absolute Gasteiger partial charge is 0.224 e. The van der Waals surface area contributed by atoms with Crippen molar-refractivity contribution in [2.24, 2.45) is 0 Å². The van der Waals surface area contributed by atoms with E-state index in [1.54, 1.807) is 13.0 Å². The van der Waals surface area contributed by atoms with E-state index in [4.69, 9.17) is 11.6 Å². The number of anilines is 2. The molecule has 1 heterocycles. The van der Waals surface area contributed by atoms with E-state index in [1.807, 2.05) is 0 Å². The van der Waals surface area contributed by atoms with E-state index < -0.39 is 5.82 Å². The monoisotopic (exact) mass is 255 g/mol. The molecular formula is C11H8ClF2N3. The third-order valence-electron chi connectivity index (χ3n) is 2.24. The predicted molar refractivity (Wildman–Crippen MR) is 61.4 cm³/mol. The third kappa shape index (κ3) is 2.50. The van der Waals surface area contributed by atoms with Gasteiger partial charge < -0.3 is 5.32 Å². The molecule has 0 aliphatic carbocycles. The Morgan fingerprint density at radius 2 is 2.00 bits per heavy atom. The zero-order valence-corrected chi connectivity index (χ0v) is 9.59. The highest BCUT2D eigenvalue weighted by atomic mass is 35.5. The summed E-state index contributed by atoms with van der Waals surface area (Å²) in [5.74, 6) is -1.12. The van der Waals surface area contributed by atoms with Crippen LogP contribution in [0.2, 0.25) is 5.28 Å². The maximum atomic E-state index is 13.3. The van der Waals surface area contributed by atoms with E-state index in [0.717, 1.165) is 6.20 Å². The van der Waals surface area contributed by atoms with Crippen LogP contribution in [-0.2, 0) is 0 Å². The van der Waals surface area contributed by atoms with Gasteiger partial charge in [0, 0.05) is 11.3 Å². The Morgan fingerprint density at radius 1 is 1.24 bits per heavy atom. The molecule has 6 heteroatoms. The second kappa shape index (κ2) is 4.63. The van der Waals surface area contributed by atoms with Crippen LogP contribution in [0.25, 0.3) is 0 Å². The Labute approximate surface area is 101 Å². The summed E-state index contributed by atoms with van der Waals surface area (Å²) < 4.78 is 26.6. The summed E-state index contributed by atoms with van der Waals surface area (Å²) in [5, 5.41) is 2.59. The number of rotatable bonds is 2. The number of halogens is 3. The van der Waals surface area contributed by atoms with Gasteiger partial charge in [-0.25, -0.2) is 13.8 Å². The first-order chi connectivity index (χ1) is 8.08. The van der Waals surface area contributed by atoms with Crippen LogP contribution in [0.5, 0.6) is 0 Å². The highest BCUT2D eigenvalue weighted by Gasteiger charge is 2.09. The zero-order chi connectivity index (χ0) is 12.4. The lowest BCUT2D eigenvalue weighted by molar-refractivity contribution is 0.615. The number of benzene rings is 1. The summed E-state index contributed by atoms with van der Waals surface area (Å²) >= 11 is 5.55. The number of nitrogens with zero attached hydrogens (tertiary/aromatic N) is 2. The van der Waals surface area contributed by atoms with E-state index in [2.05, 4.69) is 15.3 Å². The van der Waals surface area contributed by atoms with Crippen molar-refractivity contribution in [3.05, 3.63) is 46.9 Å². The molecule has 0 aliphatic rings. The Morgan fingerprint density at radius 3 is 2.76 bits per heavy atom. The van der Waals surface area contributed by atoms with Gasteiger partial charge in [-0.3, -0.25) is 0 Å². The van der Waals surface area contributed by atoms with Gasteiger partial charge in [0.15, 0.2) is 11.6 Å². The van der Waals surface area contributed by atoms with Gasteiger partial charge in [0.1, 0.15) is 5.82 Å². The molecule has 1 N–H and O–H groups in total. The van der Waals surface area contributed by atoms with Crippen molar-refractivity contribution in [2.45, 2.75) is 6.92 Å². The van der Waals surface area contributed by atoms with Gasteiger partial charge in [-0.2, -0.15) is 4.98 Å². The molecule has 0 saturated carbocycles. The maximum Gasteiger partial charge on any atom is 0.224 e. The standard InChI is InChI=1S/C11H8ClF2N3/c1-6-7(13)3-2-4-9(6)16-10-8(14)5-15-11(12)17-10/h2-5H,1H3,(H,15,16,17). The topological polar surface area (TPSA) is 37.8 Å². The summed E-state index contributed by atoms with van der Waals surface area (Å²) in [4.78, 5) is 7.17. The van der Waals surface area contributed by atoms with Gasteiger partial charge in [0.25, 0.3) is 0 Å². The number of nitrogens with one attached hydrogen (secondary N) is 1. The largest absolute Gasteiger partial charge is 0.337 e. The van der Waals surface area contributed by atoms with Crippen LogP contribution in [0.15, 0.2) is 24.4 Å². The van der Waals surface area contributed by atoms with Gasteiger partial charge in [-0.1, -0.05) is 6.07 Å². The summed E-state index contributed by atoms with van der Waals surface area (Å²) in [7, 11) is 0. The highest BCUT2D eigenvalue weighted by Crippen LogP contribution is 2.23. The zero-order valence-electron chi connectivity index (χ0n) is 8.84. The fourth-order valence-corrected chi connectivity index (χ4v) is 1.44. The van der Waals surface area contributed by atoms with Crippen molar-refractivity contribution < 1.29 is 8.78 Å². The number of aromatic nitrogens is 2. The van der Waals surface area contributed by atoms with Gasteiger partial charge >= 0.3 is 0 Å². The minimum Gasteiger partial charge on any atom is -0.337 e. The van der Waals surface area contributed by atoms with E-state index in [-0.39, 0.29) is 16.9 Å². The molecule has 3 nitrogen and oxygen atoms in total. The summed E-state index contributed by atoms with van der Waals surface area (Å²) in [6.45, 7) is 1.58. The van der Waals surface area contributed by atoms with Crippen molar-refractivity contribution in [1.82, 2.24) is 9.97 Å². The molecule has 0 unspecified atom stereocenters. The van der Waals surface area contributed by atoms with Crippen molar-refractivity contribution in [1.29, 1.82) is 0 Å². The first-order valence-electron chi connectivity index (χ1n) is 4.78. The molecular weight excluding hydrogens is 248 g/mol. The van der Waals surface area contributed by atoms with Crippen molar-refractivity contribution in [2.75, 3.05) is 5.32 Å². The second-order valence-corrected chi connectivity index (χ2v) is 3.71. The Bertz CT molecular complexity index is 560. The first-order valence-corrected chi connectivity index (χ1v) is 5.16. The van der Waals surface area contributed by atoms with Crippen LogP contribution < -0.4 is 5.32 Å². The molecule has 2 rings (SSSR count). The lowest BCUT2D eigenvalue weighted by atomic mass is 10.2. The van der Waals surface area contributed by atoms with Crippen LogP contribution in [0.3, 0.4) is 0 Å². The molecule has 2 aromatic rings. The maximum absolute atomic E-state index is 13.3. The minimum absolute atomic E-state index is 0.0806. The molecule has 0 fully saturated rings. The Hall–Kier alpha value is -1.75. The van der Waals surface area contributed by atoms with Crippen LogP contribution in [0.1, 0.15) is 5.56 Å². The Kier molecular flexibility index (Phi) is 3.19. The lowest BCUT2D eigenvalue weighted by Crippen LogP contribution is -2.01. The molecule has 0 radical (unpaired) electrons. The fraction of sp³-hybridized carbons (Fsp3) is 0.0909. The van der Waals surface area contributed by atoms with Gasteiger partial charge in [0.2, 0.25) is 5.28 Å². The average molecular weight is 256 g/mol. The SMILES string of the molecule is Cc1c(F)cccc1Nc1nc(Cl)ncc1F. The minimum atomic E-state index is -0.655. The predicted octanol–water partition coefficient (Wildman–Crippen LogP) is 3.46. The molecule has 0 saturated heterocycles. The molecule has 0 atom stereocenters. The van der Waals surface area contributed by atoms with E-state index >= 15 is 0 Å². The molecule has 0 spiro atoms. The second-order valence-electron chi connectivity index (χ2n) is 3.37. The van der Waals surface area contributed by atoms with Gasteiger partial charge in [0.05, 0.1) is 6.20 Å². The normalized spacial score (nSPS) is 10.4. The molecule has 1 aromatic carbocycles. The van der Waals surface area contributed by atoms with Gasteiger partial charge in [-0.05, 0) is 30.7 Å². The average Bonchev–Trinajstić information content (AvgIpc) is 2.30. The van der Waals surface area contributed by atoms with Crippen LogP contribution in [0, 0.1) is 18.6 Å². The number of hydrogen-bond acceptors (Lipinski definition) is 3. The number of hydrogen-bond donors (Lipinski definition) is 1. The van der Waals surface area contributed by atoms with Crippen molar-refractivity contribution in [3.8, 4) is 0 Å². The third-order valence-corrected chi connectivity index (χ3v) is 2.42. The molecule has 0 bridgehead atoms. The highest BCUT2D eigenvalue weighted by molar-refractivity contribution is 6.28. The molecule has 0 aliphatic heterocycles. The van der Waals surface area contributed by atoms with Crippen LogP contribution in [0.4, 0.5) is 20.3 Å². The fourth-order valence-electron chi connectivity index (χ4n) is 1.30. The van der Waals surface area contributed by atoms with Gasteiger partial charge in [-0.15, -0.1) is 0 Å². The van der Waals surface area contributed by atoms with E-state index in [0.29, 0.717) is 11.3 Å². The summed E-state index contributed by atoms with van der Waals surface area (Å²) in [6.07, 6.45) is 0.951. The quantitative estimate of drug-likeness (QED) is 0.835. The van der Waals surface area contributed by atoms with Crippen LogP contribution >= 0.6 is 11.6 Å². The molecule has 0 amide bonds. The molecule has 88 valence electrons. The van der Waals surface area contributed by atoms with Crippen LogP contribution in [-0.4, -0.2) is 9.97 Å². The molecule has 17 heavy (non-hydrogen) atoms. The van der Waals surface area contributed by atoms with E-state index in [1.165, 1.54) is 12.1 Å². The van der Waals surface area contributed by atoms with Crippen molar-refractivity contribution in [3.63, 3.8) is 0 Å². The first kappa shape index (κ1) is 11.7. The molecule has 1 aromatic heterocycles. The summed E-state index contributed by atoms with van der Waals surface area (Å²) in [6, 6.07) is 4.46. The van der Waals surface area contributed by atoms with Crippen molar-refractivity contribution >= 4 is 23.1 Å².